The molecule has 21 heavy (non-hydrogen) atoms. The van der Waals surface area contributed by atoms with Crippen LogP contribution in [0.2, 0.25) is 0 Å². The molecule has 0 aromatic heterocycles. The van der Waals surface area contributed by atoms with Gasteiger partial charge in [0.25, 0.3) is 0 Å². The third-order valence-corrected chi connectivity index (χ3v) is 2.96. The van der Waals surface area contributed by atoms with E-state index in [1.54, 1.807) is 42.5 Å². The van der Waals surface area contributed by atoms with Gasteiger partial charge in [-0.05, 0) is 41.5 Å². The lowest BCUT2D eigenvalue weighted by Gasteiger charge is -2.05. The third-order valence-electron chi connectivity index (χ3n) is 2.96. The van der Waals surface area contributed by atoms with Crippen molar-refractivity contribution in [3.05, 3.63) is 59.2 Å². The number of nitriles is 2. The Bertz CT molecular complexity index is 763. The summed E-state index contributed by atoms with van der Waals surface area (Å²) < 4.78 is 5.04. The number of allylic oxidation sites excluding steroid dienone is 1. The number of hydrogen-bond donors (Lipinski definition) is 1. The molecule has 0 heterocycles. The first-order valence-corrected chi connectivity index (χ1v) is 6.17. The van der Waals surface area contributed by atoms with E-state index in [0.29, 0.717) is 16.9 Å². The number of ether oxygens (including phenoxy) is 1. The van der Waals surface area contributed by atoms with Crippen molar-refractivity contribution in [3.63, 3.8) is 0 Å². The Balaban J connectivity index is 2.41. The molecule has 0 saturated heterocycles. The van der Waals surface area contributed by atoms with Crippen LogP contribution in [-0.4, -0.2) is 12.2 Å². The van der Waals surface area contributed by atoms with Gasteiger partial charge in [-0.25, -0.2) is 0 Å². The summed E-state index contributed by atoms with van der Waals surface area (Å²) in [6.45, 7) is 0. The van der Waals surface area contributed by atoms with E-state index in [9.17, 15) is 10.4 Å². The number of phenols is 1. The Morgan fingerprint density at radius 1 is 1.14 bits per heavy atom. The van der Waals surface area contributed by atoms with E-state index in [4.69, 9.17) is 10.00 Å². The number of hydrogen-bond acceptors (Lipinski definition) is 4. The third kappa shape index (κ3) is 3.20. The van der Waals surface area contributed by atoms with Crippen LogP contribution < -0.4 is 4.74 Å². The van der Waals surface area contributed by atoms with E-state index in [1.807, 2.05) is 6.07 Å². The minimum atomic E-state index is 0.0477. The molecule has 0 radical (unpaired) electrons. The number of benzene rings is 2. The number of rotatable bonds is 3. The minimum absolute atomic E-state index is 0.0477. The molecule has 0 aliphatic carbocycles. The number of nitrogens with zero attached hydrogens (tertiary/aromatic N) is 2. The van der Waals surface area contributed by atoms with Gasteiger partial charge in [-0.1, -0.05) is 18.2 Å². The molecule has 0 saturated carbocycles. The Hall–Kier alpha value is -3.24. The van der Waals surface area contributed by atoms with Crippen molar-refractivity contribution in [2.24, 2.45) is 0 Å². The Labute approximate surface area is 122 Å². The zero-order valence-electron chi connectivity index (χ0n) is 11.4. The number of aromatic hydroxyl groups is 1. The van der Waals surface area contributed by atoms with Crippen molar-refractivity contribution in [3.8, 4) is 23.6 Å². The summed E-state index contributed by atoms with van der Waals surface area (Å²) in [4.78, 5) is 0. The van der Waals surface area contributed by atoms with Gasteiger partial charge < -0.3 is 9.84 Å². The van der Waals surface area contributed by atoms with Crippen molar-refractivity contribution in [2.75, 3.05) is 7.11 Å². The van der Waals surface area contributed by atoms with Crippen molar-refractivity contribution in [1.29, 1.82) is 10.5 Å². The molecule has 4 heteroatoms. The maximum atomic E-state index is 9.56. The largest absolute Gasteiger partial charge is 0.504 e. The highest BCUT2D eigenvalue weighted by Crippen LogP contribution is 2.28. The van der Waals surface area contributed by atoms with Gasteiger partial charge in [0.15, 0.2) is 11.5 Å². The second-order valence-electron chi connectivity index (χ2n) is 4.29. The highest BCUT2D eigenvalue weighted by atomic mass is 16.5. The van der Waals surface area contributed by atoms with Crippen LogP contribution in [-0.2, 0) is 0 Å². The van der Waals surface area contributed by atoms with Gasteiger partial charge in [-0.2, -0.15) is 10.5 Å². The van der Waals surface area contributed by atoms with Crippen LogP contribution in [0.4, 0.5) is 0 Å². The molecular weight excluding hydrogens is 264 g/mol. The SMILES string of the molecule is COc1cc(/C=C(/C#N)c2ccc(C#N)cc2)ccc1O. The van der Waals surface area contributed by atoms with Gasteiger partial charge in [0, 0.05) is 0 Å². The second kappa shape index (κ2) is 6.27. The fraction of sp³-hybridized carbons (Fsp3) is 0.0588. The van der Waals surface area contributed by atoms with Gasteiger partial charge in [0.1, 0.15) is 0 Å². The average molecular weight is 276 g/mol. The molecule has 0 unspecified atom stereocenters. The van der Waals surface area contributed by atoms with E-state index in [1.165, 1.54) is 13.2 Å². The normalized spacial score (nSPS) is 10.5. The molecule has 0 bridgehead atoms. The summed E-state index contributed by atoms with van der Waals surface area (Å²) in [5.74, 6) is 0.396. The first kappa shape index (κ1) is 14.2. The lowest BCUT2D eigenvalue weighted by atomic mass is 10.0. The summed E-state index contributed by atoms with van der Waals surface area (Å²) in [7, 11) is 1.47. The molecule has 0 aliphatic heterocycles. The monoisotopic (exact) mass is 276 g/mol. The predicted molar refractivity (Wildman–Crippen MR) is 79.3 cm³/mol. The molecule has 0 amide bonds. The van der Waals surface area contributed by atoms with Crippen LogP contribution in [0.1, 0.15) is 16.7 Å². The van der Waals surface area contributed by atoms with Crippen LogP contribution in [0, 0.1) is 22.7 Å². The van der Waals surface area contributed by atoms with Gasteiger partial charge in [0.05, 0.1) is 30.4 Å². The molecule has 2 aromatic rings. The summed E-state index contributed by atoms with van der Waals surface area (Å²) in [5, 5.41) is 27.6. The van der Waals surface area contributed by atoms with Crippen LogP contribution >= 0.6 is 0 Å². The van der Waals surface area contributed by atoms with E-state index < -0.39 is 0 Å². The van der Waals surface area contributed by atoms with E-state index in [0.717, 1.165) is 11.1 Å². The molecule has 0 atom stereocenters. The van der Waals surface area contributed by atoms with E-state index in [2.05, 4.69) is 6.07 Å². The summed E-state index contributed by atoms with van der Waals surface area (Å²) >= 11 is 0. The zero-order chi connectivity index (χ0) is 15.2. The molecular formula is C17H12N2O2. The zero-order valence-corrected chi connectivity index (χ0v) is 11.4. The molecule has 1 N–H and O–H groups in total. The lowest BCUT2D eigenvalue weighted by Crippen LogP contribution is -1.86. The van der Waals surface area contributed by atoms with Crippen molar-refractivity contribution in [2.45, 2.75) is 0 Å². The average Bonchev–Trinajstić information content (AvgIpc) is 2.54. The van der Waals surface area contributed by atoms with Gasteiger partial charge in [0.2, 0.25) is 0 Å². The van der Waals surface area contributed by atoms with Crippen LogP contribution in [0.5, 0.6) is 11.5 Å². The predicted octanol–water partition coefficient (Wildman–Crippen LogP) is 3.34. The lowest BCUT2D eigenvalue weighted by molar-refractivity contribution is 0.373. The quantitative estimate of drug-likeness (QED) is 0.689. The van der Waals surface area contributed by atoms with Gasteiger partial charge >= 0.3 is 0 Å². The van der Waals surface area contributed by atoms with Gasteiger partial charge in [-0.15, -0.1) is 0 Å². The molecule has 2 aromatic carbocycles. The van der Waals surface area contributed by atoms with Gasteiger partial charge in [-0.3, -0.25) is 0 Å². The number of phenolic OH excluding ortho intramolecular Hbond substituents is 1. The highest BCUT2D eigenvalue weighted by Gasteiger charge is 2.04. The highest BCUT2D eigenvalue weighted by molar-refractivity contribution is 5.89. The minimum Gasteiger partial charge on any atom is -0.504 e. The van der Waals surface area contributed by atoms with Crippen molar-refractivity contribution < 1.29 is 9.84 Å². The van der Waals surface area contributed by atoms with Crippen molar-refractivity contribution in [1.82, 2.24) is 0 Å². The van der Waals surface area contributed by atoms with Crippen LogP contribution in [0.25, 0.3) is 11.6 Å². The van der Waals surface area contributed by atoms with E-state index >= 15 is 0 Å². The summed E-state index contributed by atoms with van der Waals surface area (Å²) in [5.41, 5.74) is 2.48. The first-order valence-electron chi connectivity index (χ1n) is 6.17. The van der Waals surface area contributed by atoms with Crippen LogP contribution in [0.3, 0.4) is 0 Å². The van der Waals surface area contributed by atoms with Crippen molar-refractivity contribution >= 4 is 11.6 Å². The Kier molecular flexibility index (Phi) is 4.23. The topological polar surface area (TPSA) is 77.0 Å². The molecule has 0 fully saturated rings. The summed E-state index contributed by atoms with van der Waals surface area (Å²) in [6, 6.07) is 15.8. The Morgan fingerprint density at radius 2 is 1.86 bits per heavy atom. The Morgan fingerprint density at radius 3 is 2.43 bits per heavy atom. The summed E-state index contributed by atoms with van der Waals surface area (Å²) in [6.07, 6.45) is 1.70. The fourth-order valence-corrected chi connectivity index (χ4v) is 1.86. The molecule has 0 aliphatic rings. The molecule has 4 nitrogen and oxygen atoms in total. The second-order valence-corrected chi connectivity index (χ2v) is 4.29. The maximum Gasteiger partial charge on any atom is 0.161 e. The van der Waals surface area contributed by atoms with Crippen LogP contribution in [0.15, 0.2) is 42.5 Å². The smallest absolute Gasteiger partial charge is 0.161 e. The molecule has 2 rings (SSSR count). The first-order chi connectivity index (χ1) is 10.2. The molecule has 0 spiro atoms. The van der Waals surface area contributed by atoms with E-state index in [-0.39, 0.29) is 5.75 Å². The maximum absolute atomic E-state index is 9.56. The fourth-order valence-electron chi connectivity index (χ4n) is 1.86. The standard InChI is InChI=1S/C17H12N2O2/c1-21-17-9-13(4-7-16(17)20)8-15(11-19)14-5-2-12(10-18)3-6-14/h2-9,20H,1H3/b15-8-. The molecule has 102 valence electrons. The number of methoxy groups -OCH3 is 1.